The van der Waals surface area contributed by atoms with Gasteiger partial charge in [0.15, 0.2) is 17.3 Å². The Morgan fingerprint density at radius 2 is 1.91 bits per heavy atom. The van der Waals surface area contributed by atoms with Gasteiger partial charge in [-0.3, -0.25) is 4.79 Å². The number of hydrogen-bond acceptors (Lipinski definition) is 6. The van der Waals surface area contributed by atoms with Gasteiger partial charge in [-0.25, -0.2) is 0 Å². The maximum Gasteiger partial charge on any atom is 0.174 e. The molecule has 23 heavy (non-hydrogen) atoms. The standard InChI is InChI=1S/C17H16O6/c1-8-13(22-2)7-15-16(17(8)21)12(20)6-14(23-15)9-3-4-10(18)11(19)5-9/h3-5,7,14,18-19,21H,6H2,1-2H3/t14-/m0/s1. The molecule has 3 rings (SSSR count). The van der Waals surface area contributed by atoms with Crippen molar-refractivity contribution >= 4 is 5.78 Å². The molecule has 0 spiro atoms. The van der Waals surface area contributed by atoms with Crippen LogP contribution in [0.2, 0.25) is 0 Å². The van der Waals surface area contributed by atoms with Crippen LogP contribution in [0.3, 0.4) is 0 Å². The maximum atomic E-state index is 12.4. The van der Waals surface area contributed by atoms with Gasteiger partial charge < -0.3 is 24.8 Å². The third-order valence-electron chi connectivity index (χ3n) is 3.98. The predicted octanol–water partition coefficient (Wildman–Crippen LogP) is 2.83. The third kappa shape index (κ3) is 2.42. The molecule has 1 aliphatic heterocycles. The zero-order chi connectivity index (χ0) is 16.7. The molecule has 0 radical (unpaired) electrons. The molecule has 1 atom stereocenters. The minimum atomic E-state index is -0.617. The van der Waals surface area contributed by atoms with Gasteiger partial charge in [0.2, 0.25) is 0 Å². The summed E-state index contributed by atoms with van der Waals surface area (Å²) in [7, 11) is 1.47. The number of aromatic hydroxyl groups is 3. The molecule has 0 unspecified atom stereocenters. The Hall–Kier alpha value is -2.89. The lowest BCUT2D eigenvalue weighted by molar-refractivity contribution is 0.0844. The van der Waals surface area contributed by atoms with Crippen LogP contribution in [0.15, 0.2) is 24.3 Å². The van der Waals surface area contributed by atoms with Crippen molar-refractivity contribution in [2.75, 3.05) is 7.11 Å². The summed E-state index contributed by atoms with van der Waals surface area (Å²) in [6.07, 6.45) is -0.593. The number of phenolic OH excluding ortho intramolecular Hbond substituents is 3. The molecule has 2 aromatic rings. The Bertz CT molecular complexity index is 796. The van der Waals surface area contributed by atoms with Crippen molar-refractivity contribution in [3.05, 3.63) is 41.0 Å². The van der Waals surface area contributed by atoms with Crippen molar-refractivity contribution in [2.45, 2.75) is 19.4 Å². The van der Waals surface area contributed by atoms with E-state index in [1.165, 1.54) is 19.2 Å². The highest BCUT2D eigenvalue weighted by Crippen LogP contribution is 2.44. The Labute approximate surface area is 132 Å². The summed E-state index contributed by atoms with van der Waals surface area (Å²) in [6, 6.07) is 5.82. The van der Waals surface area contributed by atoms with Crippen molar-refractivity contribution < 1.29 is 29.6 Å². The van der Waals surface area contributed by atoms with Crippen LogP contribution in [0.1, 0.15) is 34.0 Å². The minimum absolute atomic E-state index is 0.0243. The molecule has 1 aliphatic rings. The normalized spacial score (nSPS) is 16.6. The lowest BCUT2D eigenvalue weighted by Crippen LogP contribution is -2.21. The van der Waals surface area contributed by atoms with Crippen molar-refractivity contribution in [3.63, 3.8) is 0 Å². The molecule has 0 aliphatic carbocycles. The summed E-state index contributed by atoms with van der Waals surface area (Å²) in [5.41, 5.74) is 1.17. The van der Waals surface area contributed by atoms with Crippen LogP contribution in [-0.4, -0.2) is 28.2 Å². The monoisotopic (exact) mass is 316 g/mol. The first-order valence-corrected chi connectivity index (χ1v) is 7.04. The highest BCUT2D eigenvalue weighted by Gasteiger charge is 2.32. The van der Waals surface area contributed by atoms with Gasteiger partial charge in [0.25, 0.3) is 0 Å². The van der Waals surface area contributed by atoms with E-state index in [1.54, 1.807) is 19.1 Å². The molecule has 0 amide bonds. The maximum absolute atomic E-state index is 12.4. The van der Waals surface area contributed by atoms with E-state index in [9.17, 15) is 20.1 Å². The summed E-state index contributed by atoms with van der Waals surface area (Å²) in [5.74, 6) is -0.273. The Morgan fingerprint density at radius 3 is 2.57 bits per heavy atom. The fourth-order valence-electron chi connectivity index (χ4n) is 2.69. The topological polar surface area (TPSA) is 96.2 Å². The van der Waals surface area contributed by atoms with E-state index < -0.39 is 6.10 Å². The van der Waals surface area contributed by atoms with Crippen molar-refractivity contribution in [1.82, 2.24) is 0 Å². The van der Waals surface area contributed by atoms with Crippen molar-refractivity contribution in [1.29, 1.82) is 0 Å². The Kier molecular flexibility index (Phi) is 3.52. The fourth-order valence-corrected chi connectivity index (χ4v) is 2.69. The molecule has 6 heteroatoms. The number of phenols is 3. The van der Waals surface area contributed by atoms with E-state index in [2.05, 4.69) is 0 Å². The van der Waals surface area contributed by atoms with E-state index in [0.717, 1.165) is 0 Å². The summed E-state index contributed by atoms with van der Waals surface area (Å²) in [4.78, 5) is 12.4. The second-order valence-corrected chi connectivity index (χ2v) is 5.41. The van der Waals surface area contributed by atoms with Crippen LogP contribution in [0.5, 0.6) is 28.7 Å². The zero-order valence-corrected chi connectivity index (χ0v) is 12.7. The number of carbonyl (C=O) groups excluding carboxylic acids is 1. The molecule has 0 fully saturated rings. The number of hydrogen-bond donors (Lipinski definition) is 3. The number of carbonyl (C=O) groups is 1. The molecule has 0 saturated heterocycles. The fraction of sp³-hybridized carbons (Fsp3) is 0.235. The van der Waals surface area contributed by atoms with Gasteiger partial charge in [0.05, 0.1) is 13.5 Å². The van der Waals surface area contributed by atoms with Crippen LogP contribution < -0.4 is 9.47 Å². The molecular weight excluding hydrogens is 300 g/mol. The Balaban J connectivity index is 2.04. The first kappa shape index (κ1) is 15.0. The van der Waals surface area contributed by atoms with Gasteiger partial charge >= 0.3 is 0 Å². The van der Waals surface area contributed by atoms with Crippen LogP contribution in [0, 0.1) is 6.92 Å². The van der Waals surface area contributed by atoms with E-state index in [0.29, 0.717) is 16.9 Å². The van der Waals surface area contributed by atoms with E-state index >= 15 is 0 Å². The smallest absolute Gasteiger partial charge is 0.174 e. The zero-order valence-electron chi connectivity index (χ0n) is 12.7. The average molecular weight is 316 g/mol. The molecular formula is C17H16O6. The highest BCUT2D eigenvalue weighted by atomic mass is 16.5. The van der Waals surface area contributed by atoms with Crippen molar-refractivity contribution in [3.8, 4) is 28.7 Å². The average Bonchev–Trinajstić information content (AvgIpc) is 2.52. The highest BCUT2D eigenvalue weighted by molar-refractivity contribution is 6.03. The van der Waals surface area contributed by atoms with Crippen LogP contribution in [0.25, 0.3) is 0 Å². The van der Waals surface area contributed by atoms with Gasteiger partial charge in [-0.2, -0.15) is 0 Å². The van der Waals surface area contributed by atoms with E-state index in [-0.39, 0.29) is 40.8 Å². The molecule has 2 aromatic carbocycles. The minimum Gasteiger partial charge on any atom is -0.507 e. The summed E-state index contributed by atoms with van der Waals surface area (Å²) in [6.45, 7) is 1.66. The van der Waals surface area contributed by atoms with Crippen LogP contribution in [-0.2, 0) is 0 Å². The predicted molar refractivity (Wildman–Crippen MR) is 81.5 cm³/mol. The molecule has 120 valence electrons. The molecule has 0 bridgehead atoms. The second kappa shape index (κ2) is 5.39. The van der Waals surface area contributed by atoms with Crippen LogP contribution >= 0.6 is 0 Å². The van der Waals surface area contributed by atoms with Gasteiger partial charge in [0.1, 0.15) is 28.9 Å². The number of ether oxygens (including phenoxy) is 2. The van der Waals surface area contributed by atoms with Gasteiger partial charge in [-0.15, -0.1) is 0 Å². The number of benzene rings is 2. The number of Topliss-reactive ketones (excluding diaryl/α,β-unsaturated/α-hetero) is 1. The van der Waals surface area contributed by atoms with Gasteiger partial charge in [0, 0.05) is 11.6 Å². The summed E-state index contributed by atoms with van der Waals surface area (Å²) in [5, 5.41) is 29.2. The van der Waals surface area contributed by atoms with Crippen molar-refractivity contribution in [2.24, 2.45) is 0 Å². The number of methoxy groups -OCH3 is 1. The van der Waals surface area contributed by atoms with Crippen LogP contribution in [0.4, 0.5) is 0 Å². The van der Waals surface area contributed by atoms with E-state index in [4.69, 9.17) is 9.47 Å². The lowest BCUT2D eigenvalue weighted by Gasteiger charge is -2.27. The molecule has 0 aromatic heterocycles. The second-order valence-electron chi connectivity index (χ2n) is 5.41. The largest absolute Gasteiger partial charge is 0.507 e. The Morgan fingerprint density at radius 1 is 1.17 bits per heavy atom. The lowest BCUT2D eigenvalue weighted by atomic mass is 9.94. The number of rotatable bonds is 2. The quantitative estimate of drug-likeness (QED) is 0.737. The molecule has 6 nitrogen and oxygen atoms in total. The number of fused-ring (bicyclic) bond motifs is 1. The van der Waals surface area contributed by atoms with E-state index in [1.807, 2.05) is 0 Å². The van der Waals surface area contributed by atoms with Gasteiger partial charge in [-0.05, 0) is 24.6 Å². The first-order chi connectivity index (χ1) is 10.9. The first-order valence-electron chi connectivity index (χ1n) is 7.04. The molecule has 1 heterocycles. The summed E-state index contributed by atoms with van der Waals surface area (Å²) < 4.78 is 11.0. The molecule has 0 saturated carbocycles. The SMILES string of the molecule is COc1cc2c(c(O)c1C)C(=O)C[C@@H](c1ccc(O)c(O)c1)O2. The molecule has 3 N–H and O–H groups in total. The number of ketones is 1. The third-order valence-corrected chi connectivity index (χ3v) is 3.98. The summed E-state index contributed by atoms with van der Waals surface area (Å²) >= 11 is 0. The van der Waals surface area contributed by atoms with Gasteiger partial charge in [-0.1, -0.05) is 6.07 Å².